The zero-order chi connectivity index (χ0) is 17.6. The van der Waals surface area contributed by atoms with Crippen LogP contribution < -0.4 is 5.32 Å². The summed E-state index contributed by atoms with van der Waals surface area (Å²) < 4.78 is 0. The molecule has 5 aromatic rings. The Morgan fingerprint density at radius 1 is 0.423 bits per heavy atom. The number of benzene rings is 4. The fourth-order valence-electron chi connectivity index (χ4n) is 3.01. The first-order chi connectivity index (χ1) is 12.9. The molecule has 4 aromatic carbocycles. The van der Waals surface area contributed by atoms with Crippen LogP contribution in [0.2, 0.25) is 0 Å². The zero-order valence-corrected chi connectivity index (χ0v) is 14.4. The van der Waals surface area contributed by atoms with Gasteiger partial charge in [0, 0.05) is 33.2 Å². The molecule has 126 valence electrons. The molecule has 0 bridgehead atoms. The van der Waals surface area contributed by atoms with Gasteiger partial charge in [-0.2, -0.15) is 0 Å². The van der Waals surface area contributed by atoms with Gasteiger partial charge in [-0.15, -0.1) is 0 Å². The summed E-state index contributed by atoms with van der Waals surface area (Å²) in [6.07, 6.45) is 0. The van der Waals surface area contributed by atoms with Crippen molar-refractivity contribution < 1.29 is 0 Å². The third kappa shape index (κ3) is 3.60. The molecule has 0 unspecified atom stereocenters. The molecule has 1 heterocycles. The first-order valence-electron chi connectivity index (χ1n) is 8.73. The zero-order valence-electron chi connectivity index (χ0n) is 14.4. The van der Waals surface area contributed by atoms with Gasteiger partial charge in [-0.25, -0.2) is 0 Å². The Morgan fingerprint density at radius 3 is 1.27 bits per heavy atom. The molecule has 0 aliphatic carbocycles. The fourth-order valence-corrected chi connectivity index (χ4v) is 3.01. The first kappa shape index (κ1) is 16.0. The van der Waals surface area contributed by atoms with Crippen LogP contribution in [0.3, 0.4) is 0 Å². The third-order valence-electron chi connectivity index (χ3n) is 4.25. The Kier molecular flexibility index (Phi) is 4.66. The largest absolute Gasteiger partial charge is 0.356 e. The van der Waals surface area contributed by atoms with E-state index in [9.17, 15) is 0 Å². The van der Waals surface area contributed by atoms with Crippen LogP contribution >= 0.6 is 0 Å². The summed E-state index contributed by atoms with van der Waals surface area (Å²) >= 11 is 0. The lowest BCUT2D eigenvalue weighted by Crippen LogP contribution is -1.87. The van der Waals surface area contributed by atoms with Gasteiger partial charge in [0.1, 0.15) is 0 Å². The molecule has 0 saturated heterocycles. The molecule has 0 fully saturated rings. The van der Waals surface area contributed by atoms with E-state index in [1.807, 2.05) is 60.7 Å². The number of para-hydroxylation sites is 4. The second kappa shape index (κ2) is 7.58. The number of fused-ring (bicyclic) bond motifs is 3. The van der Waals surface area contributed by atoms with E-state index in [0.29, 0.717) is 0 Å². The quantitative estimate of drug-likeness (QED) is 0.366. The van der Waals surface area contributed by atoms with Gasteiger partial charge in [0.25, 0.3) is 0 Å². The summed E-state index contributed by atoms with van der Waals surface area (Å²) in [5, 5.41) is 5.91. The van der Waals surface area contributed by atoms with Crippen LogP contribution in [0.25, 0.3) is 21.8 Å². The summed E-state index contributed by atoms with van der Waals surface area (Å²) in [6, 6.07) is 37.0. The summed E-state index contributed by atoms with van der Waals surface area (Å²) in [4.78, 5) is 3.38. The molecule has 5 rings (SSSR count). The second-order valence-corrected chi connectivity index (χ2v) is 6.07. The minimum Gasteiger partial charge on any atom is -0.356 e. The van der Waals surface area contributed by atoms with Gasteiger partial charge in [0.2, 0.25) is 0 Å². The van der Waals surface area contributed by atoms with E-state index in [0.717, 1.165) is 11.4 Å². The van der Waals surface area contributed by atoms with Crippen molar-refractivity contribution in [1.82, 2.24) is 4.98 Å². The molecule has 0 aliphatic heterocycles. The highest BCUT2D eigenvalue weighted by molar-refractivity contribution is 6.06. The van der Waals surface area contributed by atoms with E-state index in [1.165, 1.54) is 21.8 Å². The van der Waals surface area contributed by atoms with Crippen molar-refractivity contribution in [2.75, 3.05) is 5.32 Å². The number of aromatic amines is 1. The molecule has 0 radical (unpaired) electrons. The average molecular weight is 336 g/mol. The van der Waals surface area contributed by atoms with Gasteiger partial charge in [0.05, 0.1) is 0 Å². The number of anilines is 2. The molecule has 0 atom stereocenters. The topological polar surface area (TPSA) is 27.8 Å². The van der Waals surface area contributed by atoms with Crippen LogP contribution in [0.15, 0.2) is 109 Å². The van der Waals surface area contributed by atoms with Crippen LogP contribution in [-0.2, 0) is 0 Å². The summed E-state index contributed by atoms with van der Waals surface area (Å²) in [7, 11) is 0. The van der Waals surface area contributed by atoms with Crippen LogP contribution in [0.1, 0.15) is 0 Å². The van der Waals surface area contributed by atoms with Gasteiger partial charge >= 0.3 is 0 Å². The van der Waals surface area contributed by atoms with Gasteiger partial charge in [-0.1, -0.05) is 72.8 Å². The van der Waals surface area contributed by atoms with Crippen molar-refractivity contribution in [2.45, 2.75) is 0 Å². The SMILES string of the molecule is c1ccc(Nc2ccccc2)cc1.c1ccc2c(c1)[nH]c1ccccc12. The maximum atomic E-state index is 3.38. The van der Waals surface area contributed by atoms with E-state index in [2.05, 4.69) is 58.8 Å². The van der Waals surface area contributed by atoms with Gasteiger partial charge in [-0.3, -0.25) is 0 Å². The van der Waals surface area contributed by atoms with Crippen molar-refractivity contribution in [2.24, 2.45) is 0 Å². The molecular weight excluding hydrogens is 316 g/mol. The standard InChI is InChI=1S/C12H9N.C12H11N/c1-3-7-11-9(5-1)10-6-2-4-8-12(10)13-11;1-3-7-11(8-4-1)13-12-9-5-2-6-10-12/h1-8,13H;1-10,13H. The minimum atomic E-state index is 1.12. The number of nitrogens with one attached hydrogen (secondary N) is 2. The molecule has 0 spiro atoms. The highest BCUT2D eigenvalue weighted by Gasteiger charge is 2.00. The minimum absolute atomic E-state index is 1.12. The monoisotopic (exact) mass is 336 g/mol. The van der Waals surface area contributed by atoms with Crippen molar-refractivity contribution in [3.8, 4) is 0 Å². The maximum absolute atomic E-state index is 3.38. The Labute approximate surface area is 153 Å². The van der Waals surface area contributed by atoms with E-state index in [4.69, 9.17) is 0 Å². The second-order valence-electron chi connectivity index (χ2n) is 6.07. The van der Waals surface area contributed by atoms with Crippen molar-refractivity contribution in [3.05, 3.63) is 109 Å². The number of rotatable bonds is 2. The number of aromatic nitrogens is 1. The molecule has 2 heteroatoms. The van der Waals surface area contributed by atoms with E-state index in [1.54, 1.807) is 0 Å². The highest BCUT2D eigenvalue weighted by atomic mass is 14.9. The van der Waals surface area contributed by atoms with Crippen LogP contribution in [0.5, 0.6) is 0 Å². The van der Waals surface area contributed by atoms with Crippen LogP contribution in [0, 0.1) is 0 Å². The molecule has 1 aromatic heterocycles. The lowest BCUT2D eigenvalue weighted by Gasteiger charge is -2.04. The lowest BCUT2D eigenvalue weighted by atomic mass is 10.2. The van der Waals surface area contributed by atoms with E-state index >= 15 is 0 Å². The fraction of sp³-hybridized carbons (Fsp3) is 0. The number of H-pyrrole nitrogens is 1. The molecule has 2 nitrogen and oxygen atoms in total. The number of hydrogen-bond acceptors (Lipinski definition) is 1. The Hall–Kier alpha value is -3.52. The average Bonchev–Trinajstić information content (AvgIpc) is 3.09. The summed E-state index contributed by atoms with van der Waals surface area (Å²) in [5.74, 6) is 0. The van der Waals surface area contributed by atoms with Crippen molar-refractivity contribution in [1.29, 1.82) is 0 Å². The Morgan fingerprint density at radius 2 is 0.808 bits per heavy atom. The normalized spacial score (nSPS) is 10.3. The Bertz CT molecular complexity index is 1010. The first-order valence-corrected chi connectivity index (χ1v) is 8.73. The molecular formula is C24H20N2. The van der Waals surface area contributed by atoms with Crippen molar-refractivity contribution in [3.63, 3.8) is 0 Å². The molecule has 0 aliphatic rings. The van der Waals surface area contributed by atoms with Gasteiger partial charge in [0.15, 0.2) is 0 Å². The predicted molar refractivity (Wildman–Crippen MR) is 112 cm³/mol. The van der Waals surface area contributed by atoms with Crippen LogP contribution in [0.4, 0.5) is 11.4 Å². The lowest BCUT2D eigenvalue weighted by molar-refractivity contribution is 1.55. The highest BCUT2D eigenvalue weighted by Crippen LogP contribution is 2.24. The number of hydrogen-bond donors (Lipinski definition) is 2. The van der Waals surface area contributed by atoms with Crippen molar-refractivity contribution >= 4 is 33.2 Å². The summed E-state index contributed by atoms with van der Waals surface area (Å²) in [5.41, 5.74) is 4.66. The third-order valence-corrected chi connectivity index (χ3v) is 4.25. The molecule has 2 N–H and O–H groups in total. The smallest absolute Gasteiger partial charge is 0.0464 e. The van der Waals surface area contributed by atoms with Gasteiger partial charge in [-0.05, 0) is 36.4 Å². The molecule has 0 saturated carbocycles. The Balaban J connectivity index is 0.000000129. The predicted octanol–water partition coefficient (Wildman–Crippen LogP) is 6.75. The summed E-state index contributed by atoms with van der Waals surface area (Å²) in [6.45, 7) is 0. The maximum Gasteiger partial charge on any atom is 0.0464 e. The van der Waals surface area contributed by atoms with E-state index < -0.39 is 0 Å². The van der Waals surface area contributed by atoms with Crippen LogP contribution in [-0.4, -0.2) is 4.98 Å². The van der Waals surface area contributed by atoms with E-state index in [-0.39, 0.29) is 0 Å². The molecule has 0 amide bonds. The van der Waals surface area contributed by atoms with Gasteiger partial charge < -0.3 is 10.3 Å². The molecule has 26 heavy (non-hydrogen) atoms.